The van der Waals surface area contributed by atoms with Gasteiger partial charge in [0.05, 0.1) is 12.2 Å². The molecule has 1 aliphatic carbocycles. The summed E-state index contributed by atoms with van der Waals surface area (Å²) in [6.45, 7) is 0.304. The zero-order chi connectivity index (χ0) is 16.1. The van der Waals surface area contributed by atoms with Crippen molar-refractivity contribution in [1.29, 1.82) is 0 Å². The van der Waals surface area contributed by atoms with Crippen LogP contribution >= 0.6 is 0 Å². The molecule has 2 aromatic rings. The van der Waals surface area contributed by atoms with Crippen LogP contribution in [-0.4, -0.2) is 21.7 Å². The molecule has 0 spiro atoms. The fraction of sp³-hybridized carbons (Fsp3) is 0.389. The van der Waals surface area contributed by atoms with Crippen LogP contribution in [0, 0.1) is 0 Å². The molecule has 5 heteroatoms. The zero-order valence-electron chi connectivity index (χ0n) is 13.1. The minimum absolute atomic E-state index is 0.00397. The Morgan fingerprint density at radius 2 is 1.87 bits per heavy atom. The molecule has 1 aromatic carbocycles. The van der Waals surface area contributed by atoms with Crippen molar-refractivity contribution in [2.75, 3.05) is 0 Å². The number of aryl methyl sites for hydroxylation is 1. The van der Waals surface area contributed by atoms with E-state index in [0.29, 0.717) is 12.6 Å². The van der Waals surface area contributed by atoms with E-state index >= 15 is 0 Å². The largest absolute Gasteiger partial charge is 0.353 e. The average molecular weight is 311 g/mol. The summed E-state index contributed by atoms with van der Waals surface area (Å²) in [6.07, 6.45) is 4.78. The second-order valence-corrected chi connectivity index (χ2v) is 5.94. The molecule has 1 aromatic heterocycles. The molecule has 23 heavy (non-hydrogen) atoms. The lowest BCUT2D eigenvalue weighted by molar-refractivity contribution is -0.122. The van der Waals surface area contributed by atoms with E-state index in [1.165, 1.54) is 23.6 Å². The van der Waals surface area contributed by atoms with Crippen LogP contribution in [0.4, 0.5) is 0 Å². The van der Waals surface area contributed by atoms with Crippen molar-refractivity contribution in [3.63, 3.8) is 0 Å². The van der Waals surface area contributed by atoms with Crippen LogP contribution in [0.1, 0.15) is 32.1 Å². The van der Waals surface area contributed by atoms with Gasteiger partial charge in [-0.05, 0) is 18.9 Å². The van der Waals surface area contributed by atoms with Crippen molar-refractivity contribution in [3.8, 4) is 11.3 Å². The van der Waals surface area contributed by atoms with Crippen LogP contribution in [0.2, 0.25) is 0 Å². The summed E-state index contributed by atoms with van der Waals surface area (Å²) in [5.74, 6) is -0.00397. The normalized spacial score (nSPS) is 14.8. The van der Waals surface area contributed by atoms with Crippen LogP contribution in [0.15, 0.2) is 47.3 Å². The summed E-state index contributed by atoms with van der Waals surface area (Å²) in [5, 5.41) is 7.40. The predicted molar refractivity (Wildman–Crippen MR) is 88.9 cm³/mol. The number of hydrogen-bond acceptors (Lipinski definition) is 3. The van der Waals surface area contributed by atoms with Gasteiger partial charge in [0.2, 0.25) is 5.91 Å². The zero-order valence-corrected chi connectivity index (χ0v) is 13.1. The molecule has 1 aliphatic rings. The molecule has 3 rings (SSSR count). The molecule has 0 aliphatic heterocycles. The Morgan fingerprint density at radius 3 is 2.61 bits per heavy atom. The summed E-state index contributed by atoms with van der Waals surface area (Å²) in [4.78, 5) is 23.9. The minimum atomic E-state index is -0.182. The summed E-state index contributed by atoms with van der Waals surface area (Å²) in [6, 6.07) is 13.2. The van der Waals surface area contributed by atoms with E-state index in [0.717, 1.165) is 24.1 Å². The number of rotatable bonds is 5. The Balaban J connectivity index is 1.65. The van der Waals surface area contributed by atoms with Gasteiger partial charge in [-0.25, -0.2) is 4.68 Å². The number of carbonyl (C=O) groups is 1. The van der Waals surface area contributed by atoms with Crippen LogP contribution < -0.4 is 10.9 Å². The first-order valence-electron chi connectivity index (χ1n) is 8.15. The third kappa shape index (κ3) is 4.06. The van der Waals surface area contributed by atoms with Crippen molar-refractivity contribution >= 4 is 5.91 Å². The molecule has 0 unspecified atom stereocenters. The lowest BCUT2D eigenvalue weighted by Gasteiger charge is -2.12. The van der Waals surface area contributed by atoms with Crippen molar-refractivity contribution in [3.05, 3.63) is 52.8 Å². The van der Waals surface area contributed by atoms with Crippen molar-refractivity contribution in [2.45, 2.75) is 44.7 Å². The summed E-state index contributed by atoms with van der Waals surface area (Å²) < 4.78 is 1.37. The smallest absolute Gasteiger partial charge is 0.266 e. The van der Waals surface area contributed by atoms with E-state index in [-0.39, 0.29) is 17.9 Å². The van der Waals surface area contributed by atoms with Crippen molar-refractivity contribution in [2.24, 2.45) is 0 Å². The molecule has 1 fully saturated rings. The third-order valence-electron chi connectivity index (χ3n) is 4.21. The minimum Gasteiger partial charge on any atom is -0.353 e. The molecule has 120 valence electrons. The number of amides is 1. The van der Waals surface area contributed by atoms with Gasteiger partial charge in [-0.3, -0.25) is 9.59 Å². The Kier molecular flexibility index (Phi) is 4.86. The SMILES string of the molecule is O=C(CCn1nc(-c2ccccc2)ccc1=O)NC1CCCC1. The van der Waals surface area contributed by atoms with Crippen molar-refractivity contribution in [1.82, 2.24) is 15.1 Å². The highest BCUT2D eigenvalue weighted by molar-refractivity contribution is 5.76. The standard InChI is InChI=1S/C18H21N3O2/c22-17(19-15-8-4-5-9-15)12-13-21-18(23)11-10-16(20-21)14-6-2-1-3-7-14/h1-3,6-7,10-11,15H,4-5,8-9,12-13H2,(H,19,22). The summed E-state index contributed by atoms with van der Waals surface area (Å²) in [5.41, 5.74) is 1.51. The molecule has 1 heterocycles. The number of aromatic nitrogens is 2. The number of nitrogens with one attached hydrogen (secondary N) is 1. The third-order valence-corrected chi connectivity index (χ3v) is 4.21. The first kappa shape index (κ1) is 15.5. The van der Waals surface area contributed by atoms with Gasteiger partial charge in [0.25, 0.3) is 5.56 Å². The van der Waals surface area contributed by atoms with E-state index in [1.54, 1.807) is 6.07 Å². The second-order valence-electron chi connectivity index (χ2n) is 5.94. The monoisotopic (exact) mass is 311 g/mol. The molecule has 1 amide bonds. The Hall–Kier alpha value is -2.43. The van der Waals surface area contributed by atoms with E-state index in [9.17, 15) is 9.59 Å². The number of carbonyl (C=O) groups excluding carboxylic acids is 1. The number of benzene rings is 1. The Morgan fingerprint density at radius 1 is 1.13 bits per heavy atom. The first-order chi connectivity index (χ1) is 11.2. The van der Waals surface area contributed by atoms with Gasteiger partial charge in [0, 0.05) is 24.1 Å². The molecule has 0 bridgehead atoms. The highest BCUT2D eigenvalue weighted by Crippen LogP contribution is 2.17. The van der Waals surface area contributed by atoms with Gasteiger partial charge in [0.1, 0.15) is 0 Å². The van der Waals surface area contributed by atoms with E-state index < -0.39 is 0 Å². The molecular weight excluding hydrogens is 290 g/mol. The first-order valence-corrected chi connectivity index (χ1v) is 8.15. The van der Waals surface area contributed by atoms with Gasteiger partial charge < -0.3 is 5.32 Å². The summed E-state index contributed by atoms with van der Waals surface area (Å²) >= 11 is 0. The maximum absolute atomic E-state index is 12.0. The highest BCUT2D eigenvalue weighted by Gasteiger charge is 2.17. The van der Waals surface area contributed by atoms with Crippen LogP contribution in [-0.2, 0) is 11.3 Å². The molecule has 0 radical (unpaired) electrons. The average Bonchev–Trinajstić information content (AvgIpc) is 3.08. The number of nitrogens with zero attached hydrogens (tertiary/aromatic N) is 2. The highest BCUT2D eigenvalue weighted by atomic mass is 16.2. The van der Waals surface area contributed by atoms with Gasteiger partial charge in [0.15, 0.2) is 0 Å². The molecule has 1 N–H and O–H groups in total. The van der Waals surface area contributed by atoms with E-state index in [1.807, 2.05) is 30.3 Å². The molecule has 5 nitrogen and oxygen atoms in total. The lowest BCUT2D eigenvalue weighted by atomic mass is 10.1. The van der Waals surface area contributed by atoms with Crippen LogP contribution in [0.3, 0.4) is 0 Å². The van der Waals surface area contributed by atoms with Crippen LogP contribution in [0.25, 0.3) is 11.3 Å². The topological polar surface area (TPSA) is 64.0 Å². The van der Waals surface area contributed by atoms with Gasteiger partial charge in [-0.2, -0.15) is 5.10 Å². The van der Waals surface area contributed by atoms with Crippen molar-refractivity contribution < 1.29 is 4.79 Å². The maximum Gasteiger partial charge on any atom is 0.266 e. The van der Waals surface area contributed by atoms with Crippen LogP contribution in [0.5, 0.6) is 0 Å². The van der Waals surface area contributed by atoms with E-state index in [4.69, 9.17) is 0 Å². The Bertz CT molecular complexity index is 719. The lowest BCUT2D eigenvalue weighted by Crippen LogP contribution is -2.34. The molecule has 0 atom stereocenters. The second kappa shape index (κ2) is 7.22. The predicted octanol–water partition coefficient (Wildman–Crippen LogP) is 2.36. The summed E-state index contributed by atoms with van der Waals surface area (Å²) in [7, 11) is 0. The fourth-order valence-electron chi connectivity index (χ4n) is 2.95. The Labute approximate surface area is 135 Å². The van der Waals surface area contributed by atoms with E-state index in [2.05, 4.69) is 10.4 Å². The fourth-order valence-corrected chi connectivity index (χ4v) is 2.95. The number of hydrogen-bond donors (Lipinski definition) is 1. The molecular formula is C18H21N3O2. The van der Waals surface area contributed by atoms with Gasteiger partial charge in [-0.1, -0.05) is 43.2 Å². The maximum atomic E-state index is 12.0. The van der Waals surface area contributed by atoms with Gasteiger partial charge in [-0.15, -0.1) is 0 Å². The molecule has 1 saturated carbocycles. The van der Waals surface area contributed by atoms with Gasteiger partial charge >= 0.3 is 0 Å². The quantitative estimate of drug-likeness (QED) is 0.922. The molecule has 0 saturated heterocycles.